The first-order valence-corrected chi connectivity index (χ1v) is 4.19. The second-order valence-corrected chi connectivity index (χ2v) is 3.28. The lowest BCUT2D eigenvalue weighted by molar-refractivity contribution is 0.112. The molecule has 1 N–H and O–H groups in total. The largest absolute Gasteiger partial charge is 0.296 e. The molecule has 3 nitrogen and oxygen atoms in total. The van der Waals surface area contributed by atoms with E-state index in [1.165, 1.54) is 0 Å². The highest BCUT2D eigenvalue weighted by atomic mass is 35.5. The van der Waals surface area contributed by atoms with Crippen LogP contribution in [0.1, 0.15) is 16.1 Å². The Morgan fingerprint density at radius 1 is 1.54 bits per heavy atom. The fourth-order valence-electron chi connectivity index (χ4n) is 1.25. The number of aromatic amines is 1. The van der Waals surface area contributed by atoms with Crippen LogP contribution in [0.4, 0.5) is 0 Å². The Morgan fingerprint density at radius 3 is 3.00 bits per heavy atom. The number of nitrogens with one attached hydrogen (secondary N) is 1. The van der Waals surface area contributed by atoms with E-state index in [9.17, 15) is 4.79 Å². The van der Waals surface area contributed by atoms with Crippen molar-refractivity contribution in [3.63, 3.8) is 0 Å². The molecule has 0 radical (unpaired) electrons. The highest BCUT2D eigenvalue weighted by Gasteiger charge is 2.06. The number of benzene rings is 1. The van der Waals surface area contributed by atoms with Crippen LogP contribution in [-0.2, 0) is 0 Å². The van der Waals surface area contributed by atoms with Crippen LogP contribution in [0.5, 0.6) is 0 Å². The highest BCUT2D eigenvalue weighted by molar-refractivity contribution is 6.32. The van der Waals surface area contributed by atoms with Crippen molar-refractivity contribution in [2.45, 2.75) is 6.92 Å². The van der Waals surface area contributed by atoms with Crippen molar-refractivity contribution >= 4 is 28.8 Å². The van der Waals surface area contributed by atoms with E-state index >= 15 is 0 Å². The van der Waals surface area contributed by atoms with Crippen LogP contribution < -0.4 is 0 Å². The molecule has 0 spiro atoms. The Bertz CT molecular complexity index is 476. The maximum absolute atomic E-state index is 10.6. The number of H-pyrrole nitrogens is 1. The maximum Gasteiger partial charge on any atom is 0.168 e. The van der Waals surface area contributed by atoms with E-state index in [1.807, 2.05) is 13.0 Å². The molecule has 1 aromatic carbocycles. The Hall–Kier alpha value is -1.35. The molecular formula is C9H7ClN2O. The van der Waals surface area contributed by atoms with Gasteiger partial charge in [-0.3, -0.25) is 9.89 Å². The Balaban J connectivity index is 2.84. The number of fused-ring (bicyclic) bond motifs is 1. The van der Waals surface area contributed by atoms with E-state index < -0.39 is 0 Å². The number of hydrogen-bond donors (Lipinski definition) is 1. The number of hydrogen-bond acceptors (Lipinski definition) is 2. The van der Waals surface area contributed by atoms with Gasteiger partial charge in [0.2, 0.25) is 0 Å². The molecule has 0 aliphatic heterocycles. The summed E-state index contributed by atoms with van der Waals surface area (Å²) in [6.07, 6.45) is 0.737. The van der Waals surface area contributed by atoms with Crippen LogP contribution in [-0.4, -0.2) is 16.5 Å². The third kappa shape index (κ3) is 1.21. The van der Waals surface area contributed by atoms with Gasteiger partial charge in [-0.25, -0.2) is 0 Å². The van der Waals surface area contributed by atoms with Gasteiger partial charge in [-0.15, -0.1) is 0 Å². The van der Waals surface area contributed by atoms with Crippen molar-refractivity contribution in [2.75, 3.05) is 0 Å². The number of nitrogens with zero attached hydrogens (tertiary/aromatic N) is 1. The van der Waals surface area contributed by atoms with Gasteiger partial charge in [0.25, 0.3) is 0 Å². The molecule has 0 atom stereocenters. The van der Waals surface area contributed by atoms with Gasteiger partial charge in [-0.1, -0.05) is 11.6 Å². The number of carbonyl (C=O) groups excluding carboxylic acids is 1. The minimum atomic E-state index is 0.469. The van der Waals surface area contributed by atoms with E-state index in [0.29, 0.717) is 10.7 Å². The summed E-state index contributed by atoms with van der Waals surface area (Å²) in [6.45, 7) is 1.90. The second kappa shape index (κ2) is 2.85. The van der Waals surface area contributed by atoms with Crippen LogP contribution in [0.15, 0.2) is 12.1 Å². The van der Waals surface area contributed by atoms with Crippen molar-refractivity contribution in [3.05, 3.63) is 28.4 Å². The summed E-state index contributed by atoms with van der Waals surface area (Å²) in [7, 11) is 0. The van der Waals surface area contributed by atoms with Gasteiger partial charge in [-0.2, -0.15) is 5.10 Å². The summed E-state index contributed by atoms with van der Waals surface area (Å²) in [5, 5.41) is 8.04. The summed E-state index contributed by atoms with van der Waals surface area (Å²) >= 11 is 5.92. The molecule has 1 heterocycles. The lowest BCUT2D eigenvalue weighted by Crippen LogP contribution is -1.79. The minimum absolute atomic E-state index is 0.469. The molecule has 0 bridgehead atoms. The van der Waals surface area contributed by atoms with E-state index in [1.54, 1.807) is 6.07 Å². The molecule has 1 aromatic heterocycles. The molecule has 0 fully saturated rings. The summed E-state index contributed by atoms with van der Waals surface area (Å²) in [5.74, 6) is 0. The smallest absolute Gasteiger partial charge is 0.168 e. The molecule has 4 heteroatoms. The van der Waals surface area contributed by atoms with Crippen molar-refractivity contribution in [2.24, 2.45) is 0 Å². The van der Waals surface area contributed by atoms with E-state index in [4.69, 9.17) is 11.6 Å². The van der Waals surface area contributed by atoms with Gasteiger partial charge < -0.3 is 0 Å². The molecule has 2 aromatic rings. The molecule has 0 amide bonds. The van der Waals surface area contributed by atoms with Crippen LogP contribution in [0.25, 0.3) is 10.9 Å². The Labute approximate surface area is 79.7 Å². The number of halogens is 1. The average molecular weight is 195 g/mol. The Kier molecular flexibility index (Phi) is 1.81. The van der Waals surface area contributed by atoms with Crippen LogP contribution >= 0.6 is 11.6 Å². The van der Waals surface area contributed by atoms with Gasteiger partial charge >= 0.3 is 0 Å². The van der Waals surface area contributed by atoms with Crippen molar-refractivity contribution in [1.29, 1.82) is 0 Å². The van der Waals surface area contributed by atoms with Gasteiger partial charge in [0.1, 0.15) is 5.69 Å². The lowest BCUT2D eigenvalue weighted by atomic mass is 10.1. The molecule has 0 saturated heterocycles. The third-order valence-electron chi connectivity index (χ3n) is 1.98. The zero-order valence-electron chi connectivity index (χ0n) is 6.97. The van der Waals surface area contributed by atoms with Crippen LogP contribution in [0.3, 0.4) is 0 Å². The van der Waals surface area contributed by atoms with Crippen molar-refractivity contribution < 1.29 is 4.79 Å². The highest BCUT2D eigenvalue weighted by Crippen LogP contribution is 2.23. The average Bonchev–Trinajstić information content (AvgIpc) is 2.48. The fraction of sp³-hybridized carbons (Fsp3) is 0.111. The first kappa shape index (κ1) is 8.26. The standard InChI is InChI=1S/C9H7ClN2O/c1-5-2-8-6(3-7(5)10)9(4-13)12-11-8/h2-4H,1H3,(H,11,12). The van der Waals surface area contributed by atoms with Gasteiger partial charge in [0.15, 0.2) is 6.29 Å². The zero-order valence-corrected chi connectivity index (χ0v) is 7.72. The lowest BCUT2D eigenvalue weighted by Gasteiger charge is -1.95. The van der Waals surface area contributed by atoms with Gasteiger partial charge in [0, 0.05) is 10.4 Å². The second-order valence-electron chi connectivity index (χ2n) is 2.87. The molecule has 66 valence electrons. The fourth-order valence-corrected chi connectivity index (χ4v) is 1.41. The van der Waals surface area contributed by atoms with E-state index in [-0.39, 0.29) is 0 Å². The Morgan fingerprint density at radius 2 is 2.31 bits per heavy atom. The van der Waals surface area contributed by atoms with Gasteiger partial charge in [-0.05, 0) is 24.6 Å². The SMILES string of the molecule is Cc1cc2n[nH]c(C=O)c2cc1Cl. The summed E-state index contributed by atoms with van der Waals surface area (Å²) in [6, 6.07) is 3.60. The molecular weight excluding hydrogens is 188 g/mol. The molecule has 0 aliphatic carbocycles. The minimum Gasteiger partial charge on any atom is -0.296 e. The number of aldehydes is 1. The molecule has 0 aliphatic rings. The normalized spacial score (nSPS) is 10.6. The molecule has 0 unspecified atom stereocenters. The predicted octanol–water partition coefficient (Wildman–Crippen LogP) is 2.34. The van der Waals surface area contributed by atoms with Crippen LogP contribution in [0, 0.1) is 6.92 Å². The van der Waals surface area contributed by atoms with E-state index in [2.05, 4.69) is 10.2 Å². The topological polar surface area (TPSA) is 45.8 Å². The molecule has 13 heavy (non-hydrogen) atoms. The third-order valence-corrected chi connectivity index (χ3v) is 2.39. The summed E-state index contributed by atoms with van der Waals surface area (Å²) in [5.41, 5.74) is 2.19. The number of carbonyl (C=O) groups is 1. The van der Waals surface area contributed by atoms with Crippen LogP contribution in [0.2, 0.25) is 5.02 Å². The molecule has 2 rings (SSSR count). The van der Waals surface area contributed by atoms with E-state index in [0.717, 1.165) is 22.8 Å². The van der Waals surface area contributed by atoms with Crippen molar-refractivity contribution in [1.82, 2.24) is 10.2 Å². The number of rotatable bonds is 1. The molecule has 0 saturated carbocycles. The zero-order chi connectivity index (χ0) is 9.42. The quantitative estimate of drug-likeness (QED) is 0.709. The number of aromatic nitrogens is 2. The van der Waals surface area contributed by atoms with Crippen molar-refractivity contribution in [3.8, 4) is 0 Å². The summed E-state index contributed by atoms with van der Waals surface area (Å²) < 4.78 is 0. The number of aryl methyl sites for hydroxylation is 1. The maximum atomic E-state index is 10.6. The summed E-state index contributed by atoms with van der Waals surface area (Å²) in [4.78, 5) is 10.6. The van der Waals surface area contributed by atoms with Gasteiger partial charge in [0.05, 0.1) is 5.52 Å². The first-order valence-electron chi connectivity index (χ1n) is 3.82. The first-order chi connectivity index (χ1) is 6.22. The predicted molar refractivity (Wildman–Crippen MR) is 51.2 cm³/mol. The monoisotopic (exact) mass is 194 g/mol.